The Morgan fingerprint density at radius 2 is 1.46 bits per heavy atom. The van der Waals surface area contributed by atoms with Gasteiger partial charge in [0.05, 0.1) is 4.88 Å². The van der Waals surface area contributed by atoms with Crippen molar-refractivity contribution in [1.29, 1.82) is 5.41 Å². The number of rotatable bonds is 7. The van der Waals surface area contributed by atoms with Crippen LogP contribution in [-0.2, 0) is 32.1 Å². The number of aliphatic carboxylic acids is 4. The Hall–Kier alpha value is -4.07. The first-order valence-corrected chi connectivity index (χ1v) is 12.0. The number of thiophene rings is 1. The second-order valence-corrected chi connectivity index (χ2v) is 8.72. The summed E-state index contributed by atoms with van der Waals surface area (Å²) in [7, 11) is 0. The Labute approximate surface area is 224 Å². The van der Waals surface area contributed by atoms with E-state index in [1.807, 2.05) is 35.7 Å². The van der Waals surface area contributed by atoms with Crippen LogP contribution in [0, 0.1) is 5.41 Å². The molecule has 0 saturated carbocycles. The Bertz CT molecular complexity index is 1170. The van der Waals surface area contributed by atoms with E-state index in [0.717, 1.165) is 34.5 Å². The van der Waals surface area contributed by atoms with Gasteiger partial charge in [0.25, 0.3) is 0 Å². The van der Waals surface area contributed by atoms with E-state index in [1.54, 1.807) is 11.3 Å². The van der Waals surface area contributed by atoms with Gasteiger partial charge in [0, 0.05) is 16.7 Å². The van der Waals surface area contributed by atoms with Gasteiger partial charge < -0.3 is 31.1 Å². The molecule has 0 saturated heterocycles. The van der Waals surface area contributed by atoms with Crippen molar-refractivity contribution in [2.24, 2.45) is 0 Å². The molecule has 13 heteroatoms. The number of amidine groups is 1. The van der Waals surface area contributed by atoms with Crippen LogP contribution in [0.25, 0.3) is 0 Å². The molecule has 0 unspecified atom stereocenters. The number of hydrogen-bond donors (Lipinski definition) is 7. The Morgan fingerprint density at radius 3 is 2.00 bits per heavy atom. The van der Waals surface area contributed by atoms with Gasteiger partial charge in [0.15, 0.2) is 0 Å². The van der Waals surface area contributed by atoms with Crippen LogP contribution >= 0.6 is 27.3 Å². The lowest BCUT2D eigenvalue weighted by atomic mass is 10.1. The number of anilines is 1. The summed E-state index contributed by atoms with van der Waals surface area (Å²) in [6.45, 7) is 1.76. The molecule has 0 aliphatic heterocycles. The van der Waals surface area contributed by atoms with E-state index in [0.29, 0.717) is 5.84 Å². The SMILES string of the molecule is N=C(Nc1cccc(CCNCc2ccccc2Br)c1)c1cccs1.O=C(O)C(=O)O.O=C(O)C(=O)O. The molecular formula is C24H24BrN3O8S. The fraction of sp³-hybridized carbons (Fsp3) is 0.125. The molecule has 0 bridgehead atoms. The van der Waals surface area contributed by atoms with E-state index in [-0.39, 0.29) is 0 Å². The van der Waals surface area contributed by atoms with E-state index in [4.69, 9.17) is 45.0 Å². The molecule has 2 aromatic carbocycles. The third-order valence-electron chi connectivity index (χ3n) is 4.19. The monoisotopic (exact) mass is 593 g/mol. The lowest BCUT2D eigenvalue weighted by molar-refractivity contribution is -0.159. The topological polar surface area (TPSA) is 197 Å². The summed E-state index contributed by atoms with van der Waals surface area (Å²) >= 11 is 5.14. The molecule has 0 atom stereocenters. The maximum absolute atomic E-state index is 9.10. The minimum absolute atomic E-state index is 0.444. The molecule has 1 aromatic heterocycles. The molecule has 196 valence electrons. The number of carboxylic acid groups (broad SMARTS) is 4. The maximum atomic E-state index is 9.10. The second kappa shape index (κ2) is 16.6. The van der Waals surface area contributed by atoms with E-state index in [1.165, 1.54) is 11.1 Å². The fourth-order valence-electron chi connectivity index (χ4n) is 2.53. The van der Waals surface area contributed by atoms with Crippen molar-refractivity contribution < 1.29 is 39.6 Å². The highest BCUT2D eigenvalue weighted by molar-refractivity contribution is 9.10. The Morgan fingerprint density at radius 1 is 0.838 bits per heavy atom. The van der Waals surface area contributed by atoms with Gasteiger partial charge in [-0.05, 0) is 53.7 Å². The molecule has 0 amide bonds. The van der Waals surface area contributed by atoms with E-state index in [9.17, 15) is 0 Å². The summed E-state index contributed by atoms with van der Waals surface area (Å²) in [5, 5.41) is 46.3. The molecule has 11 nitrogen and oxygen atoms in total. The Kier molecular flexibility index (Phi) is 13.9. The summed E-state index contributed by atoms with van der Waals surface area (Å²) < 4.78 is 1.14. The largest absolute Gasteiger partial charge is 0.473 e. The van der Waals surface area contributed by atoms with Crippen molar-refractivity contribution in [3.63, 3.8) is 0 Å². The number of carbonyl (C=O) groups is 4. The third kappa shape index (κ3) is 13.0. The van der Waals surface area contributed by atoms with Crippen molar-refractivity contribution in [2.75, 3.05) is 11.9 Å². The highest BCUT2D eigenvalue weighted by Crippen LogP contribution is 2.16. The van der Waals surface area contributed by atoms with E-state index in [2.05, 4.69) is 56.9 Å². The molecule has 0 spiro atoms. The average Bonchev–Trinajstić information content (AvgIpc) is 3.39. The molecule has 7 N–H and O–H groups in total. The Balaban J connectivity index is 0.000000476. The number of hydrogen-bond acceptors (Lipinski definition) is 7. The van der Waals surface area contributed by atoms with Crippen molar-refractivity contribution >= 4 is 62.7 Å². The van der Waals surface area contributed by atoms with Crippen molar-refractivity contribution in [1.82, 2.24) is 5.32 Å². The van der Waals surface area contributed by atoms with Gasteiger partial charge in [-0.2, -0.15) is 0 Å². The van der Waals surface area contributed by atoms with Gasteiger partial charge in [-0.25, -0.2) is 19.2 Å². The van der Waals surface area contributed by atoms with Crippen LogP contribution in [0.4, 0.5) is 5.69 Å². The zero-order chi connectivity index (χ0) is 27.8. The van der Waals surface area contributed by atoms with Crippen molar-refractivity contribution in [2.45, 2.75) is 13.0 Å². The lowest BCUT2D eigenvalue weighted by Crippen LogP contribution is -2.17. The van der Waals surface area contributed by atoms with Crippen LogP contribution in [0.1, 0.15) is 16.0 Å². The maximum Gasteiger partial charge on any atom is 0.414 e. The second-order valence-electron chi connectivity index (χ2n) is 6.92. The van der Waals surface area contributed by atoms with Crippen molar-refractivity contribution in [3.8, 4) is 0 Å². The van der Waals surface area contributed by atoms with E-state index >= 15 is 0 Å². The summed E-state index contributed by atoms with van der Waals surface area (Å²) in [5.74, 6) is -6.85. The molecular weight excluding hydrogens is 570 g/mol. The molecule has 3 aromatic rings. The lowest BCUT2D eigenvalue weighted by Gasteiger charge is -2.10. The standard InChI is InChI=1S/C20H20BrN3S.2C2H2O4/c21-18-8-2-1-6-16(18)14-23-11-10-15-5-3-7-17(13-15)24-20(22)19-9-4-12-25-19;2*3-1(4)2(5)6/h1-9,12-13,23H,10-11,14H2,(H2,22,24);2*(H,3,4)(H,5,6). The van der Waals surface area contributed by atoms with Crippen LogP contribution < -0.4 is 10.6 Å². The highest BCUT2D eigenvalue weighted by Gasteiger charge is 2.05. The van der Waals surface area contributed by atoms with Crippen LogP contribution in [-0.4, -0.2) is 56.7 Å². The smallest absolute Gasteiger partial charge is 0.414 e. The number of halogens is 1. The molecule has 0 fully saturated rings. The summed E-state index contributed by atoms with van der Waals surface area (Å²) in [4.78, 5) is 37.3. The van der Waals surface area contributed by atoms with Crippen LogP contribution in [0.3, 0.4) is 0 Å². The first-order valence-electron chi connectivity index (χ1n) is 10.4. The number of benzene rings is 2. The number of nitrogens with one attached hydrogen (secondary N) is 3. The first kappa shape index (κ1) is 31.0. The zero-order valence-electron chi connectivity index (χ0n) is 19.2. The first-order chi connectivity index (χ1) is 17.5. The summed E-state index contributed by atoms with van der Waals surface area (Å²) in [6, 6.07) is 20.5. The zero-order valence-corrected chi connectivity index (χ0v) is 21.6. The van der Waals surface area contributed by atoms with Crippen molar-refractivity contribution in [3.05, 3.63) is 86.5 Å². The molecule has 3 rings (SSSR count). The quantitative estimate of drug-likeness (QED) is 0.0919. The highest BCUT2D eigenvalue weighted by atomic mass is 79.9. The van der Waals surface area contributed by atoms with Gasteiger partial charge in [-0.3, -0.25) is 5.41 Å². The molecule has 0 aliphatic carbocycles. The minimum Gasteiger partial charge on any atom is -0.473 e. The fourth-order valence-corrected chi connectivity index (χ4v) is 3.58. The summed E-state index contributed by atoms with van der Waals surface area (Å²) in [5.41, 5.74) is 3.48. The van der Waals surface area contributed by atoms with Crippen LogP contribution in [0.15, 0.2) is 70.5 Å². The predicted molar refractivity (Wildman–Crippen MR) is 141 cm³/mol. The molecule has 0 radical (unpaired) electrons. The third-order valence-corrected chi connectivity index (χ3v) is 5.85. The van der Waals surface area contributed by atoms with Crippen LogP contribution in [0.5, 0.6) is 0 Å². The molecule has 37 heavy (non-hydrogen) atoms. The summed E-state index contributed by atoms with van der Waals surface area (Å²) in [6.07, 6.45) is 0.951. The molecule has 1 heterocycles. The normalized spacial score (nSPS) is 9.54. The van der Waals surface area contributed by atoms with Gasteiger partial charge in [0.1, 0.15) is 5.84 Å². The minimum atomic E-state index is -1.82. The van der Waals surface area contributed by atoms with Gasteiger partial charge >= 0.3 is 23.9 Å². The van der Waals surface area contributed by atoms with E-state index < -0.39 is 23.9 Å². The van der Waals surface area contributed by atoms with Crippen LogP contribution in [0.2, 0.25) is 0 Å². The van der Waals surface area contributed by atoms with Gasteiger partial charge in [0.2, 0.25) is 0 Å². The molecule has 0 aliphatic rings. The van der Waals surface area contributed by atoms with Gasteiger partial charge in [-0.1, -0.05) is 52.3 Å². The van der Waals surface area contributed by atoms with Gasteiger partial charge in [-0.15, -0.1) is 11.3 Å². The predicted octanol–water partition coefficient (Wildman–Crippen LogP) is 3.59. The average molecular weight is 594 g/mol. The number of carboxylic acids is 4.